The van der Waals surface area contributed by atoms with Crippen molar-refractivity contribution in [3.63, 3.8) is 0 Å². The summed E-state index contributed by atoms with van der Waals surface area (Å²) in [5.41, 5.74) is -0.695. The summed E-state index contributed by atoms with van der Waals surface area (Å²) in [6.45, 7) is 2.50. The molecule has 3 rings (SSSR count). The van der Waals surface area contributed by atoms with Crippen LogP contribution in [0.25, 0.3) is 0 Å². The predicted octanol–water partition coefficient (Wildman–Crippen LogP) is 2.87. The fraction of sp³-hybridized carbons (Fsp3) is 0.467. The van der Waals surface area contributed by atoms with E-state index in [4.69, 9.17) is 14.6 Å². The molecule has 0 spiro atoms. The minimum absolute atomic E-state index is 0.00951. The molecule has 2 aromatic heterocycles. The number of hydrogen-bond donors (Lipinski definition) is 2. The minimum Gasteiger partial charge on any atom is -0.477 e. The number of alkyl halides is 6. The highest BCUT2D eigenvalue weighted by atomic mass is 32.2. The lowest BCUT2D eigenvalue weighted by Gasteiger charge is -2.10. The lowest BCUT2D eigenvalue weighted by Crippen LogP contribution is -2.21. The number of fused-ring (bicyclic) bond motifs is 1. The van der Waals surface area contributed by atoms with E-state index >= 15 is 0 Å². The number of halogens is 6. The smallest absolute Gasteiger partial charge is 0.477 e. The number of nitrogens with one attached hydrogen (secondary N) is 1. The zero-order valence-corrected chi connectivity index (χ0v) is 15.9. The normalized spacial score (nSPS) is 13.3. The number of hydrogen-bond acceptors (Lipinski definition) is 6. The molecule has 3 heterocycles. The van der Waals surface area contributed by atoms with E-state index in [2.05, 4.69) is 15.0 Å². The summed E-state index contributed by atoms with van der Waals surface area (Å²) in [7, 11) is 0. The lowest BCUT2D eigenvalue weighted by molar-refractivity contribution is -0.192. The highest BCUT2D eigenvalue weighted by molar-refractivity contribution is 7.98. The number of thioether (sulfide) groups is 1. The van der Waals surface area contributed by atoms with Gasteiger partial charge in [0.25, 0.3) is 5.56 Å². The number of carboxylic acids is 1. The van der Waals surface area contributed by atoms with E-state index in [1.807, 2.05) is 0 Å². The molecule has 1 aliphatic rings. The Balaban J connectivity index is 0.000000396. The monoisotopic (exact) mass is 460 g/mol. The van der Waals surface area contributed by atoms with Gasteiger partial charge in [-0.15, -0.1) is 0 Å². The van der Waals surface area contributed by atoms with Crippen molar-refractivity contribution in [2.45, 2.75) is 43.2 Å². The second-order valence-corrected chi connectivity index (χ2v) is 6.63. The van der Waals surface area contributed by atoms with Gasteiger partial charge in [-0.3, -0.25) is 4.79 Å². The van der Waals surface area contributed by atoms with Crippen molar-refractivity contribution in [1.29, 1.82) is 0 Å². The molecule has 0 atom stereocenters. The van der Waals surface area contributed by atoms with Crippen LogP contribution in [0.3, 0.4) is 0 Å². The number of ether oxygens (including phenoxy) is 1. The summed E-state index contributed by atoms with van der Waals surface area (Å²) in [4.78, 5) is 30.9. The van der Waals surface area contributed by atoms with Crippen LogP contribution >= 0.6 is 11.8 Å². The molecule has 8 nitrogen and oxygen atoms in total. The third kappa shape index (κ3) is 5.67. The first-order chi connectivity index (χ1) is 13.8. The highest BCUT2D eigenvalue weighted by Crippen LogP contribution is 2.33. The molecule has 166 valence electrons. The number of aromatic nitrogens is 4. The van der Waals surface area contributed by atoms with Gasteiger partial charge in [0.1, 0.15) is 0 Å². The molecule has 0 aliphatic carbocycles. The van der Waals surface area contributed by atoms with Crippen LogP contribution in [-0.4, -0.2) is 43.4 Å². The average molecular weight is 460 g/mol. The molecule has 30 heavy (non-hydrogen) atoms. The van der Waals surface area contributed by atoms with Crippen molar-refractivity contribution in [3.05, 3.63) is 33.6 Å². The number of aliphatic carboxylic acids is 1. The topological polar surface area (TPSA) is 110 Å². The van der Waals surface area contributed by atoms with Gasteiger partial charge >= 0.3 is 18.3 Å². The second kappa shape index (κ2) is 8.97. The van der Waals surface area contributed by atoms with Crippen LogP contribution in [0.15, 0.2) is 16.3 Å². The van der Waals surface area contributed by atoms with Crippen molar-refractivity contribution in [2.75, 3.05) is 6.61 Å². The molecule has 0 aromatic carbocycles. The molecule has 2 aromatic rings. The second-order valence-electron chi connectivity index (χ2n) is 5.67. The number of carboxylic acid groups (broad SMARTS) is 1. The first-order valence-corrected chi connectivity index (χ1v) is 9.13. The standard InChI is InChI=1S/C13H13F3N4O2S.C2HF3O2/c1-2-20-6-17-9(13(14,15)16)8(20)5-23-12-18-10(21)7-3-4-22-11(7)19-12;3-2(4,5)1(6)7/h6H,2-5H2,1H3,(H,18,19,21);(H,6,7). The molecular weight excluding hydrogens is 446 g/mol. The summed E-state index contributed by atoms with van der Waals surface area (Å²) in [5, 5.41) is 7.35. The quantitative estimate of drug-likeness (QED) is 0.410. The number of H-pyrrole nitrogens is 1. The number of nitrogens with zero attached hydrogens (tertiary/aromatic N) is 3. The fourth-order valence-corrected chi connectivity index (χ4v) is 3.21. The number of aryl methyl sites for hydroxylation is 1. The van der Waals surface area contributed by atoms with Crippen LogP contribution < -0.4 is 10.3 Å². The number of rotatable bonds is 4. The van der Waals surface area contributed by atoms with Crippen LogP contribution in [-0.2, 0) is 29.7 Å². The van der Waals surface area contributed by atoms with Crippen molar-refractivity contribution in [2.24, 2.45) is 0 Å². The van der Waals surface area contributed by atoms with E-state index in [0.29, 0.717) is 25.1 Å². The average Bonchev–Trinajstić information content (AvgIpc) is 3.25. The van der Waals surface area contributed by atoms with Gasteiger partial charge in [-0.05, 0) is 6.92 Å². The van der Waals surface area contributed by atoms with Crippen LogP contribution in [0.4, 0.5) is 26.3 Å². The van der Waals surface area contributed by atoms with Crippen LogP contribution in [0, 0.1) is 0 Å². The molecule has 2 N–H and O–H groups in total. The van der Waals surface area contributed by atoms with Gasteiger partial charge in [-0.25, -0.2) is 9.78 Å². The molecule has 0 radical (unpaired) electrons. The van der Waals surface area contributed by atoms with E-state index in [1.54, 1.807) is 6.92 Å². The lowest BCUT2D eigenvalue weighted by atomic mass is 10.3. The molecule has 0 amide bonds. The summed E-state index contributed by atoms with van der Waals surface area (Å²) in [6, 6.07) is 0. The third-order valence-electron chi connectivity index (χ3n) is 3.69. The Bertz CT molecular complexity index is 970. The molecule has 0 fully saturated rings. The number of imidazole rings is 1. The summed E-state index contributed by atoms with van der Waals surface area (Å²) >= 11 is 1.01. The van der Waals surface area contributed by atoms with Crippen molar-refractivity contribution in [3.8, 4) is 5.88 Å². The Kier molecular flexibility index (Phi) is 7.05. The molecule has 0 unspecified atom stereocenters. The number of aromatic amines is 1. The Labute approximate surface area is 168 Å². The Hall–Kier alpha value is -2.71. The van der Waals surface area contributed by atoms with Crippen molar-refractivity contribution >= 4 is 17.7 Å². The summed E-state index contributed by atoms with van der Waals surface area (Å²) in [6.07, 6.45) is -7.94. The minimum atomic E-state index is -5.08. The molecule has 0 saturated carbocycles. The van der Waals surface area contributed by atoms with E-state index in [1.165, 1.54) is 10.9 Å². The van der Waals surface area contributed by atoms with E-state index in [-0.39, 0.29) is 28.0 Å². The van der Waals surface area contributed by atoms with E-state index in [9.17, 15) is 31.1 Å². The van der Waals surface area contributed by atoms with Gasteiger partial charge in [0.2, 0.25) is 5.88 Å². The van der Waals surface area contributed by atoms with Gasteiger partial charge in [0.05, 0.1) is 24.2 Å². The molecule has 15 heteroatoms. The van der Waals surface area contributed by atoms with Gasteiger partial charge in [-0.1, -0.05) is 11.8 Å². The maximum absolute atomic E-state index is 13.0. The first kappa shape index (κ1) is 23.6. The SMILES string of the molecule is CCn1cnc(C(F)(F)F)c1CSc1nc2c(c(=O)[nH]1)CCO2.O=C(O)C(F)(F)F. The fourth-order valence-electron chi connectivity index (χ4n) is 2.32. The van der Waals surface area contributed by atoms with E-state index in [0.717, 1.165) is 11.8 Å². The van der Waals surface area contributed by atoms with Gasteiger partial charge in [0.15, 0.2) is 10.9 Å². The zero-order chi connectivity index (χ0) is 22.7. The Morgan fingerprint density at radius 3 is 2.50 bits per heavy atom. The number of carbonyl (C=O) groups is 1. The Morgan fingerprint density at radius 2 is 1.97 bits per heavy atom. The predicted molar refractivity (Wildman–Crippen MR) is 90.2 cm³/mol. The maximum atomic E-state index is 13.0. The molecular formula is C15H14F6N4O4S. The highest BCUT2D eigenvalue weighted by Gasteiger charge is 2.38. The third-order valence-corrected chi connectivity index (χ3v) is 4.57. The van der Waals surface area contributed by atoms with E-state index < -0.39 is 24.0 Å². The van der Waals surface area contributed by atoms with Gasteiger partial charge in [0, 0.05) is 18.7 Å². The maximum Gasteiger partial charge on any atom is 0.490 e. The van der Waals surface area contributed by atoms with Crippen LogP contribution in [0.1, 0.15) is 23.9 Å². The van der Waals surface area contributed by atoms with Crippen LogP contribution in [0.2, 0.25) is 0 Å². The Morgan fingerprint density at radius 1 is 1.33 bits per heavy atom. The van der Waals surface area contributed by atoms with Gasteiger partial charge < -0.3 is 19.4 Å². The van der Waals surface area contributed by atoms with Crippen molar-refractivity contribution < 1.29 is 41.0 Å². The van der Waals surface area contributed by atoms with Crippen LogP contribution in [0.5, 0.6) is 5.88 Å². The summed E-state index contributed by atoms with van der Waals surface area (Å²) in [5.74, 6) is -2.51. The van der Waals surface area contributed by atoms with Crippen molar-refractivity contribution in [1.82, 2.24) is 19.5 Å². The molecule has 0 bridgehead atoms. The molecule has 0 saturated heterocycles. The van der Waals surface area contributed by atoms with Gasteiger partial charge in [-0.2, -0.15) is 31.3 Å². The summed E-state index contributed by atoms with van der Waals surface area (Å²) < 4.78 is 77.4. The zero-order valence-electron chi connectivity index (χ0n) is 15.1. The molecule has 1 aliphatic heterocycles. The largest absolute Gasteiger partial charge is 0.490 e. The first-order valence-electron chi connectivity index (χ1n) is 8.14.